The third-order valence-electron chi connectivity index (χ3n) is 16.5. The molecule has 3 unspecified atom stereocenters. The van der Waals surface area contributed by atoms with Gasteiger partial charge in [-0.2, -0.15) is 0 Å². The molecule has 98 heavy (non-hydrogen) atoms. The number of carbonyl (C=O) groups excluding carboxylic acids is 3. The summed E-state index contributed by atoms with van der Waals surface area (Å²) in [7, 11) is -0.175. The van der Waals surface area contributed by atoms with E-state index in [1.54, 1.807) is 125 Å². The van der Waals surface area contributed by atoms with E-state index in [1.807, 2.05) is 13.8 Å². The molecule has 2 N–H and O–H groups in total. The Labute approximate surface area is 571 Å². The van der Waals surface area contributed by atoms with Crippen LogP contribution in [0.15, 0.2) is 129 Å². The van der Waals surface area contributed by atoms with Gasteiger partial charge in [0.1, 0.15) is 55.5 Å². The van der Waals surface area contributed by atoms with Crippen molar-refractivity contribution in [2.75, 3.05) is 70.7 Å². The fourth-order valence-corrected chi connectivity index (χ4v) is 16.7. The van der Waals surface area contributed by atoms with E-state index < -0.39 is 106 Å². The summed E-state index contributed by atoms with van der Waals surface area (Å²) < 4.78 is 96.2. The van der Waals surface area contributed by atoms with Crippen LogP contribution in [0.5, 0.6) is 0 Å². The molecular weight excluding hydrogens is 1370 g/mol. The van der Waals surface area contributed by atoms with Gasteiger partial charge in [-0.1, -0.05) is 61.5 Å². The van der Waals surface area contributed by atoms with E-state index >= 15 is 0 Å². The molecule has 0 saturated carbocycles. The first-order valence-electron chi connectivity index (χ1n) is 31.0. The van der Waals surface area contributed by atoms with Gasteiger partial charge in [-0.05, 0) is 80.3 Å². The minimum atomic E-state index is -4.15. The SMILES string of the molecule is [C-]#[N+]CCOP(=S)(OC[C@H]1O[C@@H](n2cnc3c(NC(=O)c4ccccc4)ncnc32)[C@H](OC(=O)c2ccccc2)[C@@H]1C)O[C@@H]1[C@H](OC)[C@@H](COP(=S)(OC)O[C@@H]2C[C@@H](CCP(C)(=O)OCC)O[C@H]2n2cnc3c(C)ncnc32)O[C@H]1n1cnc2c(NC(=O)c3ccccc3)ncnc21. The predicted octanol–water partition coefficient (Wildman–Crippen LogP) is 9.45. The number of hydrogen-bond donors (Lipinski definition) is 2. The largest absolute Gasteiger partial charge is 0.454 e. The van der Waals surface area contributed by atoms with Crippen LogP contribution in [0.25, 0.3) is 38.3 Å². The third kappa shape index (κ3) is 15.5. The van der Waals surface area contributed by atoms with Crippen LogP contribution in [0.2, 0.25) is 0 Å². The van der Waals surface area contributed by atoms with E-state index in [-0.39, 0.29) is 85.1 Å². The molecule has 2 amide bonds. The highest BCUT2D eigenvalue weighted by atomic mass is 32.5. The number of aromatic nitrogens is 12. The molecule has 3 saturated heterocycles. The maximum atomic E-state index is 14.0. The number of aryl methyl sites for hydroxylation is 1. The lowest BCUT2D eigenvalue weighted by atomic mass is 10.0. The first-order chi connectivity index (χ1) is 47.4. The van der Waals surface area contributed by atoms with Gasteiger partial charge in [0.05, 0.1) is 62.3 Å². The second-order valence-electron chi connectivity index (χ2n) is 22.9. The molecule has 14 atom stereocenters. The number of nitrogens with one attached hydrogen (secondary N) is 2. The van der Waals surface area contributed by atoms with Gasteiger partial charge in [0.2, 0.25) is 6.54 Å². The zero-order valence-corrected chi connectivity index (χ0v) is 58.0. The first kappa shape index (κ1) is 70.2. The van der Waals surface area contributed by atoms with Gasteiger partial charge in [-0.25, -0.2) is 56.2 Å². The fourth-order valence-electron chi connectivity index (χ4n) is 11.6. The van der Waals surface area contributed by atoms with Crippen molar-refractivity contribution in [1.82, 2.24) is 58.6 Å². The molecule has 0 spiro atoms. The number of esters is 1. The highest BCUT2D eigenvalue weighted by Gasteiger charge is 2.53. The van der Waals surface area contributed by atoms with Crippen LogP contribution in [-0.2, 0) is 83.5 Å². The molecule has 12 rings (SSSR count). The van der Waals surface area contributed by atoms with Crippen LogP contribution in [-0.4, -0.2) is 179 Å². The molecule has 6 aromatic heterocycles. The van der Waals surface area contributed by atoms with Crippen molar-refractivity contribution in [2.45, 2.75) is 95.0 Å². The molecule has 3 aromatic carbocycles. The molecule has 31 nitrogen and oxygen atoms in total. The van der Waals surface area contributed by atoms with E-state index in [0.717, 1.165) is 0 Å². The smallest absolute Gasteiger partial charge is 0.338 e. The topological polar surface area (TPSA) is 338 Å². The molecular formula is C62H68N15O16P3S2. The van der Waals surface area contributed by atoms with Crippen LogP contribution < -0.4 is 10.6 Å². The first-order valence-corrected chi connectivity index (χ1v) is 38.3. The molecule has 36 heteroatoms. The lowest BCUT2D eigenvalue weighted by Crippen LogP contribution is -2.37. The quantitative estimate of drug-likeness (QED) is 0.0191. The Balaban J connectivity index is 0.844. The Hall–Kier alpha value is -7.70. The van der Waals surface area contributed by atoms with Crippen LogP contribution >= 0.6 is 20.8 Å². The number of rotatable bonds is 29. The van der Waals surface area contributed by atoms with Crippen molar-refractivity contribution in [3.8, 4) is 0 Å². The van der Waals surface area contributed by atoms with Crippen LogP contribution in [0.1, 0.15) is 82.1 Å². The molecule has 3 aliphatic rings. The lowest BCUT2D eigenvalue weighted by molar-refractivity contribution is -0.0608. The number of nitrogens with zero attached hydrogens (tertiary/aromatic N) is 13. The van der Waals surface area contributed by atoms with Crippen LogP contribution in [0.3, 0.4) is 0 Å². The van der Waals surface area contributed by atoms with Crippen molar-refractivity contribution in [3.63, 3.8) is 0 Å². The molecule has 9 aromatic rings. The van der Waals surface area contributed by atoms with Gasteiger partial charge in [0, 0.05) is 50.5 Å². The second kappa shape index (κ2) is 30.8. The Morgan fingerprint density at radius 2 is 1.15 bits per heavy atom. The summed E-state index contributed by atoms with van der Waals surface area (Å²) in [5.74, 6) is -1.99. The summed E-state index contributed by atoms with van der Waals surface area (Å²) in [4.78, 5) is 85.0. The van der Waals surface area contributed by atoms with Gasteiger partial charge >= 0.3 is 19.4 Å². The van der Waals surface area contributed by atoms with E-state index in [0.29, 0.717) is 34.4 Å². The van der Waals surface area contributed by atoms with Gasteiger partial charge < -0.3 is 66.3 Å². The van der Waals surface area contributed by atoms with Gasteiger partial charge in [0.25, 0.3) is 11.8 Å². The zero-order chi connectivity index (χ0) is 68.7. The lowest BCUT2D eigenvalue weighted by Gasteiger charge is -2.31. The molecule has 0 aliphatic carbocycles. The van der Waals surface area contributed by atoms with E-state index in [4.69, 9.17) is 85.5 Å². The molecule has 0 bridgehead atoms. The average Bonchev–Trinajstić information content (AvgIpc) is 1.61. The minimum Gasteiger partial charge on any atom is -0.454 e. The Kier molecular flexibility index (Phi) is 22.1. The highest BCUT2D eigenvalue weighted by molar-refractivity contribution is 8.07. The minimum absolute atomic E-state index is 0.0824. The Morgan fingerprint density at radius 1 is 0.633 bits per heavy atom. The number of imidazole rings is 3. The number of carbonyl (C=O) groups is 3. The summed E-state index contributed by atoms with van der Waals surface area (Å²) in [6.45, 7) is 5.93. The summed E-state index contributed by atoms with van der Waals surface area (Å²) in [6, 6.07) is 25.6. The molecule has 3 aliphatic heterocycles. The Morgan fingerprint density at radius 3 is 1.72 bits per heavy atom. The molecule has 3 fully saturated rings. The summed E-state index contributed by atoms with van der Waals surface area (Å²) >= 11 is 12.5. The van der Waals surface area contributed by atoms with Gasteiger partial charge in [-0.3, -0.25) is 32.4 Å². The molecule has 0 radical (unpaired) electrons. The molecule has 9 heterocycles. The standard InChI is InChI=1S/C62H68N15O16P3S2/c1-8-84-94(7,81)27-24-42-28-43(59(88-42)75-34-70-46-38(3)64-31-67-54(46)75)92-95(97,83-6)86-30-45-50(82-5)51(61(90-45)77-36-72-48-53(66-33-69-56(48)77)74-58(79)40-20-14-10-15-21-40)93-96(98,85-26-25-63-4)87-29-44-37(2)49(91-62(80)41-22-16-11-17-23-41)60(89-44)76-35-71-47-52(65-32-68-55(47)76)73-57(78)39-18-12-9-13-19-39/h9-23,31-37,42-45,49-51,59-61H,8,24-30H2,1-3,5-7H3,(H,65,68,73,78)(H,66,69,74,79)/t37-,42-,43-,44-,45-,49-,50-,51-,59-,60-,61-,94?,95?,96?/m1/s1. The number of anilines is 2. The average molecular weight is 1440 g/mol. The van der Waals surface area contributed by atoms with Crippen molar-refractivity contribution in [3.05, 3.63) is 163 Å². The zero-order valence-electron chi connectivity index (χ0n) is 53.6. The fraction of sp³-hybridized carbons (Fsp3) is 0.403. The number of ether oxygens (including phenoxy) is 5. The van der Waals surface area contributed by atoms with E-state index in [9.17, 15) is 18.9 Å². The number of methoxy groups -OCH3 is 1. The normalized spacial score (nSPS) is 24.2. The predicted molar refractivity (Wildman–Crippen MR) is 361 cm³/mol. The monoisotopic (exact) mass is 1440 g/mol. The van der Waals surface area contributed by atoms with Crippen molar-refractivity contribution in [2.24, 2.45) is 5.92 Å². The summed E-state index contributed by atoms with van der Waals surface area (Å²) in [5.41, 5.74) is 3.52. The number of benzene rings is 3. The number of hydrogen-bond acceptors (Lipinski definition) is 27. The maximum Gasteiger partial charge on any atom is 0.338 e. The number of amides is 2. The van der Waals surface area contributed by atoms with Crippen molar-refractivity contribution < 1.29 is 74.3 Å². The maximum absolute atomic E-state index is 14.0. The highest BCUT2D eigenvalue weighted by Crippen LogP contribution is 2.58. The van der Waals surface area contributed by atoms with Crippen molar-refractivity contribution in [1.29, 1.82) is 0 Å². The summed E-state index contributed by atoms with van der Waals surface area (Å²) in [5, 5.41) is 5.66. The third-order valence-corrected chi connectivity index (χ3v) is 23.2. The second-order valence-corrected chi connectivity index (χ2v) is 31.6. The summed E-state index contributed by atoms with van der Waals surface area (Å²) in [6.07, 6.45) is -0.771. The molecule has 514 valence electrons. The van der Waals surface area contributed by atoms with Gasteiger partial charge in [0.15, 0.2) is 71.8 Å². The van der Waals surface area contributed by atoms with Crippen LogP contribution in [0.4, 0.5) is 11.6 Å². The number of fused-ring (bicyclic) bond motifs is 3. The van der Waals surface area contributed by atoms with Gasteiger partial charge in [-0.15, -0.1) is 0 Å². The van der Waals surface area contributed by atoms with Crippen molar-refractivity contribution >= 4 is 107 Å². The van der Waals surface area contributed by atoms with E-state index in [1.165, 1.54) is 45.9 Å². The van der Waals surface area contributed by atoms with Crippen LogP contribution in [0, 0.1) is 19.4 Å². The van der Waals surface area contributed by atoms with E-state index in [2.05, 4.69) is 60.3 Å². The Bertz CT molecular complexity index is 4520.